The summed E-state index contributed by atoms with van der Waals surface area (Å²) >= 11 is 1.07. The molecule has 7 heteroatoms. The number of nitrogens with zero attached hydrogens (tertiary/aromatic N) is 2. The summed E-state index contributed by atoms with van der Waals surface area (Å²) in [4.78, 5) is 17.1. The van der Waals surface area contributed by atoms with Gasteiger partial charge in [0.2, 0.25) is 0 Å². The van der Waals surface area contributed by atoms with Crippen LogP contribution < -0.4 is 4.90 Å². The number of anilines is 1. The molecule has 1 unspecified atom stereocenters. The van der Waals surface area contributed by atoms with Crippen molar-refractivity contribution in [1.29, 1.82) is 0 Å². The molecule has 0 saturated heterocycles. The molecule has 0 spiro atoms. The average molecular weight is 306 g/mol. The Labute approximate surface area is 119 Å². The molecule has 0 aliphatic heterocycles. The number of carbonyl (C=O) groups excluding carboxylic acids is 1. The number of aromatic nitrogens is 1. The Bertz CT molecular complexity index is 482. The molecule has 1 aromatic rings. The van der Waals surface area contributed by atoms with Gasteiger partial charge >= 0.3 is 6.18 Å². The van der Waals surface area contributed by atoms with E-state index in [0.717, 1.165) is 30.6 Å². The van der Waals surface area contributed by atoms with E-state index in [2.05, 4.69) is 4.98 Å². The highest BCUT2D eigenvalue weighted by molar-refractivity contribution is 7.17. The highest BCUT2D eigenvalue weighted by atomic mass is 32.1. The molecule has 1 aromatic heterocycles. The Morgan fingerprint density at radius 2 is 2.15 bits per heavy atom. The summed E-state index contributed by atoms with van der Waals surface area (Å²) in [6.07, 6.45) is -1.25. The van der Waals surface area contributed by atoms with Gasteiger partial charge in [0.1, 0.15) is 6.54 Å². The summed E-state index contributed by atoms with van der Waals surface area (Å²) in [7, 11) is 0. The van der Waals surface area contributed by atoms with Crippen molar-refractivity contribution >= 4 is 22.8 Å². The molecule has 20 heavy (non-hydrogen) atoms. The molecular formula is C13H17F3N2OS. The average Bonchev–Trinajstić information content (AvgIpc) is 3.12. The molecule has 3 nitrogen and oxygen atoms in total. The Balaban J connectivity index is 2.29. The molecule has 1 heterocycles. The number of alkyl halides is 3. The molecule has 0 bridgehead atoms. The quantitative estimate of drug-likeness (QED) is 0.745. The summed E-state index contributed by atoms with van der Waals surface area (Å²) < 4.78 is 38.0. The third-order valence-electron chi connectivity index (χ3n) is 3.44. The van der Waals surface area contributed by atoms with Gasteiger partial charge in [-0.25, -0.2) is 4.98 Å². The molecule has 0 aromatic carbocycles. The van der Waals surface area contributed by atoms with Gasteiger partial charge < -0.3 is 4.90 Å². The fourth-order valence-corrected chi connectivity index (χ4v) is 3.09. The van der Waals surface area contributed by atoms with E-state index in [1.165, 1.54) is 4.90 Å². The van der Waals surface area contributed by atoms with Crippen molar-refractivity contribution in [3.63, 3.8) is 0 Å². The van der Waals surface area contributed by atoms with Gasteiger partial charge in [0, 0.05) is 6.04 Å². The smallest absolute Gasteiger partial charge is 0.336 e. The van der Waals surface area contributed by atoms with Crippen LogP contribution in [0.2, 0.25) is 0 Å². The lowest BCUT2D eigenvalue weighted by Gasteiger charge is -2.22. The largest absolute Gasteiger partial charge is 0.406 e. The Morgan fingerprint density at radius 3 is 2.60 bits per heavy atom. The number of aldehydes is 1. The lowest BCUT2D eigenvalue weighted by atomic mass is 10.0. The SMILES string of the molecule is CCC(C)c1nc(N(CC(F)(F)F)C2CC2)sc1C=O. The molecule has 0 radical (unpaired) electrons. The zero-order chi connectivity index (χ0) is 14.9. The van der Waals surface area contributed by atoms with Crippen molar-refractivity contribution in [1.82, 2.24) is 4.98 Å². The summed E-state index contributed by atoms with van der Waals surface area (Å²) in [5.41, 5.74) is 0.621. The normalized spacial score (nSPS) is 17.1. The molecule has 1 saturated carbocycles. The first kappa shape index (κ1) is 15.3. The Morgan fingerprint density at radius 1 is 1.50 bits per heavy atom. The van der Waals surface area contributed by atoms with Crippen molar-refractivity contribution in [2.75, 3.05) is 11.4 Å². The minimum atomic E-state index is -4.26. The van der Waals surface area contributed by atoms with Gasteiger partial charge in [-0.05, 0) is 25.2 Å². The van der Waals surface area contributed by atoms with E-state index >= 15 is 0 Å². The van der Waals surface area contributed by atoms with Crippen molar-refractivity contribution < 1.29 is 18.0 Å². The van der Waals surface area contributed by atoms with Gasteiger partial charge in [-0.15, -0.1) is 0 Å². The van der Waals surface area contributed by atoms with E-state index in [4.69, 9.17) is 0 Å². The second-order valence-corrected chi connectivity index (χ2v) is 6.16. The van der Waals surface area contributed by atoms with Crippen LogP contribution in [0.4, 0.5) is 18.3 Å². The maximum absolute atomic E-state index is 12.7. The van der Waals surface area contributed by atoms with Crippen LogP contribution in [0.1, 0.15) is 54.4 Å². The van der Waals surface area contributed by atoms with Gasteiger partial charge in [0.05, 0.1) is 10.6 Å². The zero-order valence-electron chi connectivity index (χ0n) is 11.4. The molecule has 112 valence electrons. The van der Waals surface area contributed by atoms with E-state index in [-0.39, 0.29) is 12.0 Å². The predicted octanol–water partition coefficient (Wildman–Crippen LogP) is 4.00. The van der Waals surface area contributed by atoms with E-state index in [1.54, 1.807) is 0 Å². The van der Waals surface area contributed by atoms with E-state index in [9.17, 15) is 18.0 Å². The molecule has 1 atom stereocenters. The lowest BCUT2D eigenvalue weighted by molar-refractivity contribution is -0.120. The first-order chi connectivity index (χ1) is 9.35. The molecular weight excluding hydrogens is 289 g/mol. The molecule has 0 N–H and O–H groups in total. The number of hydrogen-bond donors (Lipinski definition) is 0. The highest BCUT2D eigenvalue weighted by Gasteiger charge is 2.39. The Kier molecular flexibility index (Phi) is 4.36. The van der Waals surface area contributed by atoms with Gasteiger partial charge in [-0.1, -0.05) is 25.2 Å². The van der Waals surface area contributed by atoms with Crippen LogP contribution in [-0.4, -0.2) is 30.0 Å². The topological polar surface area (TPSA) is 33.2 Å². The second kappa shape index (κ2) is 5.71. The van der Waals surface area contributed by atoms with Crippen LogP contribution >= 0.6 is 11.3 Å². The van der Waals surface area contributed by atoms with Crippen LogP contribution in [0.15, 0.2) is 0 Å². The standard InChI is InChI=1S/C13H17F3N2OS/c1-3-8(2)11-10(6-19)20-12(17-11)18(9-4-5-9)7-13(14,15)16/h6,8-9H,3-5,7H2,1-2H3. The van der Waals surface area contributed by atoms with Crippen molar-refractivity contribution in [2.24, 2.45) is 0 Å². The van der Waals surface area contributed by atoms with E-state index in [1.807, 2.05) is 13.8 Å². The number of carbonyl (C=O) groups is 1. The number of hydrogen-bond acceptors (Lipinski definition) is 4. The third kappa shape index (κ3) is 3.50. The van der Waals surface area contributed by atoms with Crippen LogP contribution in [0, 0.1) is 0 Å². The van der Waals surface area contributed by atoms with Gasteiger partial charge in [0.25, 0.3) is 0 Å². The van der Waals surface area contributed by atoms with Crippen LogP contribution in [0.25, 0.3) is 0 Å². The fourth-order valence-electron chi connectivity index (χ4n) is 2.02. The van der Waals surface area contributed by atoms with Crippen molar-refractivity contribution in [3.05, 3.63) is 10.6 Å². The summed E-state index contributed by atoms with van der Waals surface area (Å²) in [6, 6.07) is -0.0907. The minimum Gasteiger partial charge on any atom is -0.336 e. The zero-order valence-corrected chi connectivity index (χ0v) is 12.2. The monoisotopic (exact) mass is 306 g/mol. The maximum Gasteiger partial charge on any atom is 0.406 e. The van der Waals surface area contributed by atoms with Crippen molar-refractivity contribution in [3.8, 4) is 0 Å². The van der Waals surface area contributed by atoms with Crippen LogP contribution in [0.3, 0.4) is 0 Å². The summed E-state index contributed by atoms with van der Waals surface area (Å²) in [5, 5.41) is 0.322. The van der Waals surface area contributed by atoms with E-state index < -0.39 is 12.7 Å². The van der Waals surface area contributed by atoms with Crippen LogP contribution in [0.5, 0.6) is 0 Å². The fraction of sp³-hybridized carbons (Fsp3) is 0.692. The van der Waals surface area contributed by atoms with Gasteiger partial charge in [0.15, 0.2) is 11.4 Å². The van der Waals surface area contributed by atoms with Crippen molar-refractivity contribution in [2.45, 2.75) is 51.2 Å². The number of rotatable bonds is 6. The maximum atomic E-state index is 12.7. The molecule has 1 aliphatic carbocycles. The van der Waals surface area contributed by atoms with E-state index in [0.29, 0.717) is 22.0 Å². The first-order valence-electron chi connectivity index (χ1n) is 6.65. The minimum absolute atomic E-state index is 0.0761. The molecule has 0 amide bonds. The molecule has 1 aliphatic rings. The van der Waals surface area contributed by atoms with Crippen LogP contribution in [-0.2, 0) is 0 Å². The molecule has 1 fully saturated rings. The predicted molar refractivity (Wildman–Crippen MR) is 72.6 cm³/mol. The first-order valence-corrected chi connectivity index (χ1v) is 7.46. The third-order valence-corrected chi connectivity index (χ3v) is 4.47. The summed E-state index contributed by atoms with van der Waals surface area (Å²) in [5.74, 6) is 0.0761. The summed E-state index contributed by atoms with van der Waals surface area (Å²) in [6.45, 7) is 2.90. The second-order valence-electron chi connectivity index (χ2n) is 5.15. The van der Waals surface area contributed by atoms with Gasteiger partial charge in [-0.2, -0.15) is 13.2 Å². The highest BCUT2D eigenvalue weighted by Crippen LogP contribution is 2.38. The molecule has 2 rings (SSSR count). The Hall–Kier alpha value is -1.11. The lowest BCUT2D eigenvalue weighted by Crippen LogP contribution is -2.35. The van der Waals surface area contributed by atoms with Gasteiger partial charge in [-0.3, -0.25) is 4.79 Å². The number of halogens is 3. The number of thiazole rings is 1.